The third-order valence-corrected chi connectivity index (χ3v) is 7.38. The molecule has 1 saturated carbocycles. The Labute approximate surface area is 213 Å². The van der Waals surface area contributed by atoms with Crippen LogP contribution in [0.2, 0.25) is 0 Å². The highest BCUT2D eigenvalue weighted by atomic mass is 19.3. The fraction of sp³-hybridized carbons (Fsp3) is 0.444. The molecule has 10 heteroatoms. The fourth-order valence-corrected chi connectivity index (χ4v) is 5.48. The molecule has 0 saturated heterocycles. The monoisotopic (exact) mass is 510 g/mol. The summed E-state index contributed by atoms with van der Waals surface area (Å²) < 4.78 is 29.1. The molecule has 2 aliphatic rings. The van der Waals surface area contributed by atoms with E-state index in [1.54, 1.807) is 36.6 Å². The van der Waals surface area contributed by atoms with E-state index >= 15 is 0 Å². The number of nitriles is 1. The number of halogens is 2. The van der Waals surface area contributed by atoms with Gasteiger partial charge in [0.05, 0.1) is 17.2 Å². The topological polar surface area (TPSA) is 121 Å². The van der Waals surface area contributed by atoms with Gasteiger partial charge in [0.15, 0.2) is 5.78 Å². The number of aryl methyl sites for hydroxylation is 1. The first-order chi connectivity index (χ1) is 17.3. The number of hydrogen-bond acceptors (Lipinski definition) is 5. The lowest BCUT2D eigenvalue weighted by molar-refractivity contribution is -0.163. The number of rotatable bonds is 7. The van der Waals surface area contributed by atoms with Crippen molar-refractivity contribution in [3.63, 3.8) is 0 Å². The summed E-state index contributed by atoms with van der Waals surface area (Å²) in [6, 6.07) is 6.88. The lowest BCUT2D eigenvalue weighted by Gasteiger charge is -2.46. The standard InChI is InChI=1S/C27H28F2N4O4/c1-5-20(34)26(12-27(28,29)13-26)32-25(37)23(35)21-16(4)22(33-15(3)7-9-19(21)33)24(36)31-18-8-6-14(2)17(10-18)11-30/h6,8,10,15H,5,7,9,12-13H2,1-4H3,(H,31,36)(H,32,37). The van der Waals surface area contributed by atoms with Gasteiger partial charge >= 0.3 is 0 Å². The molecule has 1 fully saturated rings. The van der Waals surface area contributed by atoms with Crippen LogP contribution in [-0.4, -0.2) is 39.4 Å². The summed E-state index contributed by atoms with van der Waals surface area (Å²) >= 11 is 0. The number of fused-ring (bicyclic) bond motifs is 1. The van der Waals surface area contributed by atoms with E-state index in [-0.39, 0.29) is 23.7 Å². The maximum absolute atomic E-state index is 13.7. The Morgan fingerprint density at radius 1 is 1.19 bits per heavy atom. The van der Waals surface area contributed by atoms with Crippen LogP contribution in [0.1, 0.15) is 88.8 Å². The molecule has 1 aliphatic heterocycles. The van der Waals surface area contributed by atoms with Gasteiger partial charge in [-0.1, -0.05) is 13.0 Å². The molecular weight excluding hydrogens is 482 g/mol. The molecular formula is C27H28F2N4O4. The van der Waals surface area contributed by atoms with E-state index < -0.39 is 47.7 Å². The number of benzene rings is 1. The van der Waals surface area contributed by atoms with Crippen LogP contribution in [0.15, 0.2) is 18.2 Å². The van der Waals surface area contributed by atoms with E-state index in [4.69, 9.17) is 0 Å². The van der Waals surface area contributed by atoms with E-state index in [0.29, 0.717) is 35.3 Å². The average Bonchev–Trinajstić information content (AvgIpc) is 3.33. The lowest BCUT2D eigenvalue weighted by Crippen LogP contribution is -2.67. The smallest absolute Gasteiger partial charge is 0.293 e. The van der Waals surface area contributed by atoms with Gasteiger partial charge in [-0.15, -0.1) is 0 Å². The highest BCUT2D eigenvalue weighted by molar-refractivity contribution is 6.44. The molecule has 194 valence electrons. The summed E-state index contributed by atoms with van der Waals surface area (Å²) in [5.41, 5.74) is 0.893. The Bertz CT molecular complexity index is 1380. The second kappa shape index (κ2) is 9.21. The highest BCUT2D eigenvalue weighted by Crippen LogP contribution is 2.46. The van der Waals surface area contributed by atoms with Crippen LogP contribution in [0.3, 0.4) is 0 Å². The maximum Gasteiger partial charge on any atom is 0.293 e. The third-order valence-electron chi connectivity index (χ3n) is 7.38. The largest absolute Gasteiger partial charge is 0.337 e. The minimum Gasteiger partial charge on any atom is -0.337 e. The number of alkyl halides is 2. The Morgan fingerprint density at radius 2 is 1.86 bits per heavy atom. The predicted molar refractivity (Wildman–Crippen MR) is 131 cm³/mol. The molecule has 1 aromatic carbocycles. The van der Waals surface area contributed by atoms with Crippen molar-refractivity contribution in [1.82, 2.24) is 9.88 Å². The van der Waals surface area contributed by atoms with Crippen LogP contribution in [-0.2, 0) is 16.0 Å². The number of nitrogens with zero attached hydrogens (tertiary/aromatic N) is 2. The van der Waals surface area contributed by atoms with Gasteiger partial charge in [0, 0.05) is 36.7 Å². The number of anilines is 1. The van der Waals surface area contributed by atoms with E-state index in [1.165, 1.54) is 6.92 Å². The fourth-order valence-electron chi connectivity index (χ4n) is 5.48. The second-order valence-corrected chi connectivity index (χ2v) is 10.0. The van der Waals surface area contributed by atoms with Crippen molar-refractivity contribution in [2.75, 3.05) is 5.32 Å². The quantitative estimate of drug-likeness (QED) is 0.428. The summed E-state index contributed by atoms with van der Waals surface area (Å²) in [7, 11) is 0. The molecule has 1 aromatic heterocycles. The Morgan fingerprint density at radius 3 is 2.46 bits per heavy atom. The minimum atomic E-state index is -3.09. The zero-order valence-electron chi connectivity index (χ0n) is 21.1. The van der Waals surface area contributed by atoms with E-state index in [1.807, 2.05) is 6.92 Å². The molecule has 0 radical (unpaired) electrons. The summed E-state index contributed by atoms with van der Waals surface area (Å²) in [6.45, 7) is 6.75. The third kappa shape index (κ3) is 4.43. The zero-order chi connectivity index (χ0) is 27.3. The van der Waals surface area contributed by atoms with Gasteiger partial charge in [-0.2, -0.15) is 5.26 Å². The summed E-state index contributed by atoms with van der Waals surface area (Å²) in [5, 5.41) is 14.4. The minimum absolute atomic E-state index is 0.0544. The first kappa shape index (κ1) is 26.2. The van der Waals surface area contributed by atoms with Gasteiger partial charge in [-0.3, -0.25) is 19.2 Å². The molecule has 0 bridgehead atoms. The average molecular weight is 511 g/mol. The lowest BCUT2D eigenvalue weighted by atomic mass is 9.69. The molecule has 1 atom stereocenters. The summed E-state index contributed by atoms with van der Waals surface area (Å²) in [6.07, 6.45) is -0.649. The molecule has 2 aromatic rings. The molecule has 8 nitrogen and oxygen atoms in total. The van der Waals surface area contributed by atoms with Crippen LogP contribution in [0.5, 0.6) is 0 Å². The van der Waals surface area contributed by atoms with Crippen molar-refractivity contribution < 1.29 is 28.0 Å². The second-order valence-electron chi connectivity index (χ2n) is 10.0. The summed E-state index contributed by atoms with van der Waals surface area (Å²) in [4.78, 5) is 52.1. The number of Topliss-reactive ketones (excluding diaryl/α,β-unsaturated/α-hetero) is 2. The first-order valence-electron chi connectivity index (χ1n) is 12.2. The van der Waals surface area contributed by atoms with Crippen molar-refractivity contribution in [1.29, 1.82) is 5.26 Å². The van der Waals surface area contributed by atoms with Crippen molar-refractivity contribution in [2.24, 2.45) is 0 Å². The maximum atomic E-state index is 13.7. The highest BCUT2D eigenvalue weighted by Gasteiger charge is 2.61. The number of amides is 2. The van der Waals surface area contributed by atoms with E-state index in [0.717, 1.165) is 5.56 Å². The molecule has 37 heavy (non-hydrogen) atoms. The van der Waals surface area contributed by atoms with Crippen molar-refractivity contribution in [3.8, 4) is 6.07 Å². The van der Waals surface area contributed by atoms with Crippen LogP contribution >= 0.6 is 0 Å². The van der Waals surface area contributed by atoms with Crippen molar-refractivity contribution in [3.05, 3.63) is 51.8 Å². The summed E-state index contributed by atoms with van der Waals surface area (Å²) in [5.74, 6) is -6.25. The number of ketones is 2. The van der Waals surface area contributed by atoms with Crippen molar-refractivity contribution in [2.45, 2.75) is 77.3 Å². The Hall–Kier alpha value is -3.87. The van der Waals surface area contributed by atoms with Crippen molar-refractivity contribution >= 4 is 29.1 Å². The molecule has 4 rings (SSSR count). The number of carbonyl (C=O) groups excluding carboxylic acids is 4. The zero-order valence-corrected chi connectivity index (χ0v) is 21.1. The van der Waals surface area contributed by atoms with Gasteiger partial charge in [-0.05, 0) is 56.9 Å². The number of hydrogen-bond donors (Lipinski definition) is 2. The first-order valence-corrected chi connectivity index (χ1v) is 12.2. The molecule has 0 spiro atoms. The van der Waals surface area contributed by atoms with Gasteiger partial charge in [0.1, 0.15) is 11.2 Å². The molecule has 2 N–H and O–H groups in total. The van der Waals surface area contributed by atoms with Gasteiger partial charge in [0.2, 0.25) is 0 Å². The van der Waals surface area contributed by atoms with Crippen LogP contribution in [0.4, 0.5) is 14.5 Å². The predicted octanol–water partition coefficient (Wildman–Crippen LogP) is 4.18. The van der Waals surface area contributed by atoms with Gasteiger partial charge < -0.3 is 15.2 Å². The van der Waals surface area contributed by atoms with E-state index in [9.17, 15) is 33.2 Å². The SMILES string of the molecule is CCC(=O)C1(NC(=O)C(=O)c2c(C)c(C(=O)Nc3ccc(C)c(C#N)c3)n3c2CCC3C)CC(F)(F)C1. The van der Waals surface area contributed by atoms with Crippen LogP contribution in [0.25, 0.3) is 0 Å². The number of aromatic nitrogens is 1. The molecule has 1 unspecified atom stereocenters. The molecule has 2 amide bonds. The molecule has 1 aliphatic carbocycles. The van der Waals surface area contributed by atoms with E-state index in [2.05, 4.69) is 16.7 Å². The number of nitrogens with one attached hydrogen (secondary N) is 2. The molecule has 2 heterocycles. The Balaban J connectivity index is 1.66. The normalized spacial score (nSPS) is 18.8. The van der Waals surface area contributed by atoms with Crippen LogP contribution in [0, 0.1) is 25.2 Å². The van der Waals surface area contributed by atoms with Crippen LogP contribution < -0.4 is 10.6 Å². The number of carbonyl (C=O) groups is 4. The Kier molecular flexibility index (Phi) is 6.52. The van der Waals surface area contributed by atoms with Gasteiger partial charge in [0.25, 0.3) is 23.5 Å². The van der Waals surface area contributed by atoms with Gasteiger partial charge in [-0.25, -0.2) is 8.78 Å².